The summed E-state index contributed by atoms with van der Waals surface area (Å²) in [6.45, 7) is 2.78. The molecule has 0 atom stereocenters. The fourth-order valence-corrected chi connectivity index (χ4v) is 3.86. The van der Waals surface area contributed by atoms with Crippen molar-refractivity contribution in [2.45, 2.75) is 18.4 Å². The molecule has 8 nitrogen and oxygen atoms in total. The van der Waals surface area contributed by atoms with Crippen LogP contribution < -0.4 is 18.9 Å². The van der Waals surface area contributed by atoms with Gasteiger partial charge in [0.25, 0.3) is 0 Å². The molecule has 0 aromatic heterocycles. The number of methoxy groups -OCH3 is 3. The molecule has 0 saturated heterocycles. The van der Waals surface area contributed by atoms with Gasteiger partial charge in [0.1, 0.15) is 10.6 Å². The summed E-state index contributed by atoms with van der Waals surface area (Å²) < 4.78 is 42.4. The number of hydrogen-bond acceptors (Lipinski definition) is 6. The lowest BCUT2D eigenvalue weighted by Crippen LogP contribution is -2.28. The monoisotopic (exact) mass is 448 g/mol. The third-order valence-corrected chi connectivity index (χ3v) is 6.11. The Kier molecular flexibility index (Phi) is 8.47. The van der Waals surface area contributed by atoms with Gasteiger partial charge in [-0.05, 0) is 55.4 Å². The predicted octanol–water partition coefficient (Wildman–Crippen LogP) is 2.68. The summed E-state index contributed by atoms with van der Waals surface area (Å²) in [7, 11) is 2.15. The van der Waals surface area contributed by atoms with Crippen LogP contribution in [0, 0.1) is 0 Å². The fraction of sp³-hybridized carbons (Fsp3) is 0.318. The van der Waals surface area contributed by atoms with Gasteiger partial charge in [0.15, 0.2) is 11.5 Å². The molecule has 2 aromatic rings. The summed E-state index contributed by atoms with van der Waals surface area (Å²) in [4.78, 5) is 14.4. The second kappa shape index (κ2) is 10.8. The molecule has 0 aliphatic rings. The van der Waals surface area contributed by atoms with E-state index in [9.17, 15) is 13.2 Å². The first-order valence-corrected chi connectivity index (χ1v) is 11.1. The van der Waals surface area contributed by atoms with E-state index >= 15 is 0 Å². The summed E-state index contributed by atoms with van der Waals surface area (Å²) in [5, 5.41) is 0. The highest BCUT2D eigenvalue weighted by Gasteiger charge is 2.18. The zero-order valence-corrected chi connectivity index (χ0v) is 19.2. The van der Waals surface area contributed by atoms with Crippen molar-refractivity contribution in [3.63, 3.8) is 0 Å². The topological polar surface area (TPSA) is 94.2 Å². The van der Waals surface area contributed by atoms with Gasteiger partial charge in [-0.15, -0.1) is 0 Å². The maximum atomic E-state index is 12.7. The highest BCUT2D eigenvalue weighted by atomic mass is 32.2. The normalized spacial score (nSPS) is 11.4. The van der Waals surface area contributed by atoms with Crippen LogP contribution in [0.25, 0.3) is 6.08 Å². The molecule has 0 aliphatic carbocycles. The Bertz CT molecular complexity index is 1050. The minimum atomic E-state index is -3.70. The molecule has 1 amide bonds. The summed E-state index contributed by atoms with van der Waals surface area (Å²) in [5.74, 6) is 1.23. The van der Waals surface area contributed by atoms with E-state index in [-0.39, 0.29) is 16.6 Å². The van der Waals surface area contributed by atoms with Gasteiger partial charge < -0.3 is 19.1 Å². The minimum absolute atomic E-state index is 0.00442. The molecule has 9 heteroatoms. The first-order chi connectivity index (χ1) is 14.8. The van der Waals surface area contributed by atoms with Gasteiger partial charge >= 0.3 is 0 Å². The van der Waals surface area contributed by atoms with Gasteiger partial charge in [0.2, 0.25) is 15.9 Å². The minimum Gasteiger partial charge on any atom is -0.495 e. The Morgan fingerprint density at radius 1 is 1.00 bits per heavy atom. The van der Waals surface area contributed by atoms with Gasteiger partial charge in [-0.2, -0.15) is 0 Å². The van der Waals surface area contributed by atoms with E-state index in [1.54, 1.807) is 43.4 Å². The number of carbonyl (C=O) groups excluding carboxylic acids is 1. The van der Waals surface area contributed by atoms with Crippen molar-refractivity contribution >= 4 is 22.0 Å². The molecule has 0 aliphatic heterocycles. The van der Waals surface area contributed by atoms with Gasteiger partial charge in [-0.25, -0.2) is 13.1 Å². The maximum absolute atomic E-state index is 12.7. The zero-order chi connectivity index (χ0) is 23.0. The number of carbonyl (C=O) groups is 1. The fourth-order valence-electron chi connectivity index (χ4n) is 2.93. The lowest BCUT2D eigenvalue weighted by Gasteiger charge is -2.20. The van der Waals surface area contributed by atoms with Gasteiger partial charge in [0.05, 0.1) is 21.3 Å². The first-order valence-electron chi connectivity index (χ1n) is 9.59. The molecule has 0 spiro atoms. The number of likely N-dealkylation sites (N-methyl/N-ethyl adjacent to an activating group) is 1. The van der Waals surface area contributed by atoms with Crippen molar-refractivity contribution in [3.8, 4) is 17.2 Å². The number of rotatable bonds is 10. The van der Waals surface area contributed by atoms with Gasteiger partial charge in [0, 0.05) is 19.2 Å². The van der Waals surface area contributed by atoms with Crippen LogP contribution in [0.5, 0.6) is 17.2 Å². The zero-order valence-electron chi connectivity index (χ0n) is 18.3. The number of hydrogen-bond donors (Lipinski definition) is 1. The molecule has 2 rings (SSSR count). The SMILES string of the molecule is CCN(Cc1ccc(OC)c(OC)c1)C(=O)/C=C/c1ccc(OC)c(S(=O)(=O)NC)c1. The molecule has 31 heavy (non-hydrogen) atoms. The molecule has 0 saturated carbocycles. The first kappa shape index (κ1) is 24.2. The van der Waals surface area contributed by atoms with Crippen LogP contribution >= 0.6 is 0 Å². The molecule has 0 radical (unpaired) electrons. The number of nitrogens with one attached hydrogen (secondary N) is 1. The Morgan fingerprint density at radius 3 is 2.23 bits per heavy atom. The van der Waals surface area contributed by atoms with E-state index in [0.717, 1.165) is 5.56 Å². The molecule has 2 aromatic carbocycles. The van der Waals surface area contributed by atoms with Gasteiger partial charge in [-0.3, -0.25) is 4.79 Å². The third-order valence-electron chi connectivity index (χ3n) is 4.68. The highest BCUT2D eigenvalue weighted by Crippen LogP contribution is 2.28. The molecule has 168 valence electrons. The number of nitrogens with zero attached hydrogens (tertiary/aromatic N) is 1. The highest BCUT2D eigenvalue weighted by molar-refractivity contribution is 7.89. The number of ether oxygens (including phenoxy) is 3. The summed E-state index contributed by atoms with van der Waals surface area (Å²) >= 11 is 0. The third kappa shape index (κ3) is 5.99. The summed E-state index contributed by atoms with van der Waals surface area (Å²) in [5.41, 5.74) is 1.46. The second-order valence-electron chi connectivity index (χ2n) is 6.49. The molecular formula is C22H28N2O6S. The Hall–Kier alpha value is -3.04. The van der Waals surface area contributed by atoms with E-state index in [2.05, 4.69) is 4.72 Å². The van der Waals surface area contributed by atoms with Crippen molar-refractivity contribution in [2.24, 2.45) is 0 Å². The van der Waals surface area contributed by atoms with Crippen LogP contribution in [0.1, 0.15) is 18.1 Å². The summed E-state index contributed by atoms with van der Waals surface area (Å²) in [6.07, 6.45) is 3.00. The van der Waals surface area contributed by atoms with Crippen LogP contribution in [-0.4, -0.2) is 54.1 Å². The van der Waals surface area contributed by atoms with Crippen molar-refractivity contribution in [2.75, 3.05) is 34.9 Å². The lowest BCUT2D eigenvalue weighted by molar-refractivity contribution is -0.126. The number of amides is 1. The maximum Gasteiger partial charge on any atom is 0.246 e. The van der Waals surface area contributed by atoms with Crippen LogP contribution in [-0.2, 0) is 21.4 Å². The number of sulfonamides is 1. The van der Waals surface area contributed by atoms with Crippen LogP contribution in [0.3, 0.4) is 0 Å². The average molecular weight is 449 g/mol. The van der Waals surface area contributed by atoms with Crippen LogP contribution in [0.15, 0.2) is 47.4 Å². The Labute approximate surface area is 183 Å². The molecule has 0 unspecified atom stereocenters. The van der Waals surface area contributed by atoms with Crippen molar-refractivity contribution < 1.29 is 27.4 Å². The van der Waals surface area contributed by atoms with E-state index in [0.29, 0.717) is 30.2 Å². The predicted molar refractivity (Wildman–Crippen MR) is 119 cm³/mol. The van der Waals surface area contributed by atoms with E-state index in [1.165, 1.54) is 26.3 Å². The van der Waals surface area contributed by atoms with Crippen LogP contribution in [0.4, 0.5) is 0 Å². The summed E-state index contributed by atoms with van der Waals surface area (Å²) in [6, 6.07) is 10.2. The second-order valence-corrected chi connectivity index (χ2v) is 8.35. The standard InChI is InChI=1S/C22H28N2O6S/c1-6-24(15-17-8-10-18(28-3)20(13-17)30-5)22(25)12-9-16-7-11-19(29-4)21(14-16)31(26,27)23-2/h7-14,23H,6,15H2,1-5H3/b12-9+. The van der Waals surface area contributed by atoms with Crippen molar-refractivity contribution in [1.82, 2.24) is 9.62 Å². The van der Waals surface area contributed by atoms with Crippen molar-refractivity contribution in [3.05, 3.63) is 53.6 Å². The molecule has 0 heterocycles. The van der Waals surface area contributed by atoms with E-state index in [4.69, 9.17) is 14.2 Å². The smallest absolute Gasteiger partial charge is 0.246 e. The molecule has 0 fully saturated rings. The number of benzene rings is 2. The Morgan fingerprint density at radius 2 is 1.65 bits per heavy atom. The molecule has 0 bridgehead atoms. The van der Waals surface area contributed by atoms with Gasteiger partial charge in [-0.1, -0.05) is 12.1 Å². The van der Waals surface area contributed by atoms with Crippen molar-refractivity contribution in [1.29, 1.82) is 0 Å². The Balaban J connectivity index is 2.22. The average Bonchev–Trinajstić information content (AvgIpc) is 2.80. The molecule has 1 N–H and O–H groups in total. The molecular weight excluding hydrogens is 420 g/mol. The van der Waals surface area contributed by atoms with E-state index < -0.39 is 10.0 Å². The lowest BCUT2D eigenvalue weighted by atomic mass is 10.1. The van der Waals surface area contributed by atoms with E-state index in [1.807, 2.05) is 19.1 Å². The van der Waals surface area contributed by atoms with Crippen LogP contribution in [0.2, 0.25) is 0 Å². The quantitative estimate of drug-likeness (QED) is 0.562. The largest absolute Gasteiger partial charge is 0.495 e.